The van der Waals surface area contributed by atoms with E-state index in [0.29, 0.717) is 18.0 Å². The van der Waals surface area contributed by atoms with Crippen LogP contribution in [0.25, 0.3) is 21.8 Å². The van der Waals surface area contributed by atoms with E-state index < -0.39 is 7.12 Å². The first-order chi connectivity index (χ1) is 17.6. The number of rotatable bonds is 5. The zero-order valence-corrected chi connectivity index (χ0v) is 19.6. The van der Waals surface area contributed by atoms with Gasteiger partial charge in [-0.1, -0.05) is 91.0 Å². The molecule has 0 spiro atoms. The van der Waals surface area contributed by atoms with Crippen molar-refractivity contribution in [2.75, 3.05) is 5.73 Å². The highest BCUT2D eigenvalue weighted by Gasteiger charge is 2.20. The Bertz CT molecular complexity index is 1580. The molecule has 0 bridgehead atoms. The fourth-order valence-electron chi connectivity index (χ4n) is 4.25. The van der Waals surface area contributed by atoms with Crippen molar-refractivity contribution in [2.45, 2.75) is 13.1 Å². The van der Waals surface area contributed by atoms with Crippen LogP contribution >= 0.6 is 0 Å². The van der Waals surface area contributed by atoms with E-state index in [4.69, 9.17) is 5.73 Å². The van der Waals surface area contributed by atoms with Crippen LogP contribution in [0.3, 0.4) is 0 Å². The van der Waals surface area contributed by atoms with E-state index in [-0.39, 0.29) is 0 Å². The molecule has 0 saturated carbocycles. The first-order valence-electron chi connectivity index (χ1n) is 11.7. The van der Waals surface area contributed by atoms with Crippen molar-refractivity contribution in [2.24, 2.45) is 0 Å². The molecule has 0 unspecified atom stereocenters. The predicted molar refractivity (Wildman–Crippen MR) is 145 cm³/mol. The van der Waals surface area contributed by atoms with Gasteiger partial charge in [-0.2, -0.15) is 10.2 Å². The Balaban J connectivity index is 0.000000149. The van der Waals surface area contributed by atoms with Gasteiger partial charge in [-0.05, 0) is 29.3 Å². The number of anilines is 1. The van der Waals surface area contributed by atoms with Crippen LogP contribution in [-0.2, 0) is 13.1 Å². The molecule has 0 aliphatic rings. The van der Waals surface area contributed by atoms with Gasteiger partial charge in [0.1, 0.15) is 5.59 Å². The van der Waals surface area contributed by atoms with Crippen LogP contribution in [0.5, 0.6) is 0 Å². The molecule has 0 aliphatic heterocycles. The van der Waals surface area contributed by atoms with Crippen molar-refractivity contribution < 1.29 is 10.0 Å². The van der Waals surface area contributed by atoms with E-state index in [1.807, 2.05) is 102 Å². The second kappa shape index (κ2) is 10.5. The van der Waals surface area contributed by atoms with E-state index in [0.717, 1.165) is 33.9 Å². The molecule has 0 fully saturated rings. The molecule has 36 heavy (non-hydrogen) atoms. The molecule has 0 radical (unpaired) electrons. The monoisotopic (exact) mass is 475 g/mol. The highest BCUT2D eigenvalue weighted by Crippen LogP contribution is 2.20. The average molecular weight is 475 g/mol. The molecule has 6 rings (SSSR count). The Morgan fingerprint density at radius 1 is 0.583 bits per heavy atom. The zero-order valence-electron chi connectivity index (χ0n) is 19.6. The Morgan fingerprint density at radius 3 is 1.58 bits per heavy atom. The van der Waals surface area contributed by atoms with Gasteiger partial charge < -0.3 is 15.8 Å². The van der Waals surface area contributed by atoms with Gasteiger partial charge in [0.05, 0.1) is 24.1 Å². The number of nitrogens with two attached hydrogens (primary N) is 1. The summed E-state index contributed by atoms with van der Waals surface area (Å²) in [5.41, 5.74) is 10.5. The van der Waals surface area contributed by atoms with Gasteiger partial charge >= 0.3 is 7.12 Å². The van der Waals surface area contributed by atoms with Gasteiger partial charge in [-0.15, -0.1) is 0 Å². The molecule has 4 N–H and O–H groups in total. The molecule has 2 heterocycles. The van der Waals surface area contributed by atoms with Gasteiger partial charge in [0, 0.05) is 10.8 Å². The van der Waals surface area contributed by atoms with Crippen molar-refractivity contribution >= 4 is 40.3 Å². The normalized spacial score (nSPS) is 10.8. The summed E-state index contributed by atoms with van der Waals surface area (Å²) >= 11 is 0. The highest BCUT2D eigenvalue weighted by molar-refractivity contribution is 6.60. The van der Waals surface area contributed by atoms with Crippen LogP contribution in [0.1, 0.15) is 11.1 Å². The lowest BCUT2D eigenvalue weighted by Crippen LogP contribution is -2.32. The lowest BCUT2D eigenvalue weighted by atomic mass is 9.84. The molecule has 0 saturated heterocycles. The fourth-order valence-corrected chi connectivity index (χ4v) is 4.25. The fraction of sp³-hybridized carbons (Fsp3) is 0.0714. The maximum absolute atomic E-state index is 9.38. The third-order valence-corrected chi connectivity index (χ3v) is 5.97. The maximum atomic E-state index is 9.38. The van der Waals surface area contributed by atoms with E-state index in [1.165, 1.54) is 5.56 Å². The Kier molecular flexibility index (Phi) is 6.79. The number of nitrogens with zero attached hydrogens (tertiary/aromatic N) is 4. The lowest BCUT2D eigenvalue weighted by Gasteiger charge is -2.03. The van der Waals surface area contributed by atoms with Gasteiger partial charge in [0.25, 0.3) is 0 Å². The average Bonchev–Trinajstić information content (AvgIpc) is 3.44. The van der Waals surface area contributed by atoms with Crippen molar-refractivity contribution in [3.05, 3.63) is 120 Å². The summed E-state index contributed by atoms with van der Waals surface area (Å²) in [6.45, 7) is 1.35. The number of hydrogen-bond donors (Lipinski definition) is 3. The minimum absolute atomic E-state index is 0.298. The minimum atomic E-state index is -1.55. The van der Waals surface area contributed by atoms with E-state index in [1.54, 1.807) is 4.68 Å². The molecular formula is C28H26BN5O2. The largest absolute Gasteiger partial charge is 0.510 e. The van der Waals surface area contributed by atoms with Gasteiger partial charge in [-0.3, -0.25) is 9.36 Å². The van der Waals surface area contributed by atoms with Crippen LogP contribution in [0.2, 0.25) is 0 Å². The van der Waals surface area contributed by atoms with Gasteiger partial charge in [0.15, 0.2) is 5.82 Å². The molecule has 8 heteroatoms. The van der Waals surface area contributed by atoms with Crippen molar-refractivity contribution in [1.29, 1.82) is 0 Å². The minimum Gasteiger partial charge on any atom is -0.422 e. The van der Waals surface area contributed by atoms with Crippen molar-refractivity contribution in [3.63, 3.8) is 0 Å². The van der Waals surface area contributed by atoms with Crippen LogP contribution in [-0.4, -0.2) is 36.7 Å². The maximum Gasteiger partial charge on any atom is 0.510 e. The molecule has 2 aromatic heterocycles. The highest BCUT2D eigenvalue weighted by atomic mass is 16.4. The van der Waals surface area contributed by atoms with E-state index in [2.05, 4.69) is 22.3 Å². The zero-order chi connectivity index (χ0) is 24.9. The number of aromatic nitrogens is 4. The van der Waals surface area contributed by atoms with Crippen molar-refractivity contribution in [3.8, 4) is 0 Å². The number of hydrogen-bond acceptors (Lipinski definition) is 5. The molecule has 0 amide bonds. The quantitative estimate of drug-likeness (QED) is 0.332. The Hall–Kier alpha value is -4.40. The molecule has 4 aromatic carbocycles. The van der Waals surface area contributed by atoms with Crippen LogP contribution in [0.4, 0.5) is 5.82 Å². The summed E-state index contributed by atoms with van der Waals surface area (Å²) in [4.78, 5) is 0. The smallest absolute Gasteiger partial charge is 0.422 e. The van der Waals surface area contributed by atoms with Crippen LogP contribution in [0.15, 0.2) is 109 Å². The second-order valence-corrected chi connectivity index (χ2v) is 8.46. The number of benzene rings is 4. The summed E-state index contributed by atoms with van der Waals surface area (Å²) in [6.07, 6.45) is 0. The molecule has 7 nitrogen and oxygen atoms in total. The molecule has 0 aliphatic carbocycles. The van der Waals surface area contributed by atoms with Gasteiger partial charge in [0.2, 0.25) is 0 Å². The molecule has 178 valence electrons. The molecule has 0 atom stereocenters. The lowest BCUT2D eigenvalue weighted by molar-refractivity contribution is 0.424. The van der Waals surface area contributed by atoms with Crippen LogP contribution in [0, 0.1) is 0 Å². The third-order valence-electron chi connectivity index (χ3n) is 5.97. The molecule has 6 aromatic rings. The Morgan fingerprint density at radius 2 is 1.03 bits per heavy atom. The standard InChI is InChI=1S/C14H13BN2O2.C14H13N3/c18-15(19)14-12-8-4-5-9-13(12)17(16-14)10-11-6-2-1-3-7-11;15-14-12-8-4-5-9-13(12)17(16-14)10-11-6-2-1-3-7-11/h1-9,18-19H,10H2;1-9H,10H2,(H2,15,16). The Labute approximate surface area is 209 Å². The number of para-hydroxylation sites is 2. The van der Waals surface area contributed by atoms with Crippen molar-refractivity contribution in [1.82, 2.24) is 19.6 Å². The van der Waals surface area contributed by atoms with Crippen LogP contribution < -0.4 is 11.3 Å². The number of nitrogen functional groups attached to an aromatic ring is 1. The SMILES string of the molecule is Nc1nn(Cc2ccccc2)c2ccccc12.OB(O)c1nn(Cc2ccccc2)c2ccccc12. The number of fused-ring (bicyclic) bond motifs is 2. The first kappa shape index (κ1) is 23.4. The first-order valence-corrected chi connectivity index (χ1v) is 11.7. The predicted octanol–water partition coefficient (Wildman–Crippen LogP) is 3.43. The molecular weight excluding hydrogens is 449 g/mol. The van der Waals surface area contributed by atoms with Gasteiger partial charge in [-0.25, -0.2) is 0 Å². The summed E-state index contributed by atoms with van der Waals surface area (Å²) in [7, 11) is -1.55. The second-order valence-electron chi connectivity index (χ2n) is 8.46. The third kappa shape index (κ3) is 5.00. The summed E-state index contributed by atoms with van der Waals surface area (Å²) < 4.78 is 3.74. The topological polar surface area (TPSA) is 102 Å². The van der Waals surface area contributed by atoms with E-state index in [9.17, 15) is 10.0 Å². The van der Waals surface area contributed by atoms with E-state index >= 15 is 0 Å². The summed E-state index contributed by atoms with van der Waals surface area (Å²) in [5.74, 6) is 0.594. The summed E-state index contributed by atoms with van der Waals surface area (Å²) in [6, 6.07) is 35.8. The summed E-state index contributed by atoms with van der Waals surface area (Å²) in [5, 5.41) is 29.2.